The van der Waals surface area contributed by atoms with Gasteiger partial charge in [-0.1, -0.05) is 18.2 Å². The number of carbonyl (C=O) groups excluding carboxylic acids is 1. The second-order valence-corrected chi connectivity index (χ2v) is 8.42. The van der Waals surface area contributed by atoms with E-state index in [1.54, 1.807) is 31.2 Å². The van der Waals surface area contributed by atoms with Crippen LogP contribution < -0.4 is 10.0 Å². The number of nitrogens with one attached hydrogen (secondary N) is 2. The van der Waals surface area contributed by atoms with E-state index >= 15 is 0 Å². The Kier molecular flexibility index (Phi) is 4.31. The van der Waals surface area contributed by atoms with E-state index in [2.05, 4.69) is 10.0 Å². The van der Waals surface area contributed by atoms with Crippen LogP contribution in [0.5, 0.6) is 0 Å². The van der Waals surface area contributed by atoms with Gasteiger partial charge in [0.1, 0.15) is 11.2 Å². The van der Waals surface area contributed by atoms with Crippen molar-refractivity contribution in [2.75, 3.05) is 16.3 Å². The molecule has 4 aromatic rings. The smallest absolute Gasteiger partial charge is 0.255 e. The topological polar surface area (TPSA) is 88.4 Å². The largest absolute Gasteiger partial charge is 0.456 e. The molecule has 1 heterocycles. The number of amides is 1. The molecule has 0 aliphatic rings. The van der Waals surface area contributed by atoms with Crippen LogP contribution in [0.25, 0.3) is 21.9 Å². The van der Waals surface area contributed by atoms with Gasteiger partial charge >= 0.3 is 0 Å². The lowest BCUT2D eigenvalue weighted by atomic mass is 10.1. The number of hydrogen-bond acceptors (Lipinski definition) is 4. The highest BCUT2D eigenvalue weighted by atomic mass is 32.2. The van der Waals surface area contributed by atoms with Gasteiger partial charge in [-0.15, -0.1) is 0 Å². The number of sulfonamides is 1. The van der Waals surface area contributed by atoms with Crippen molar-refractivity contribution >= 4 is 49.2 Å². The van der Waals surface area contributed by atoms with Gasteiger partial charge in [-0.3, -0.25) is 9.52 Å². The lowest BCUT2D eigenvalue weighted by molar-refractivity contribution is 0.102. The fourth-order valence-corrected chi connectivity index (χ4v) is 3.75. The molecule has 2 N–H and O–H groups in total. The number of para-hydroxylation sites is 1. The molecule has 0 aliphatic carbocycles. The van der Waals surface area contributed by atoms with Gasteiger partial charge in [-0.2, -0.15) is 0 Å². The van der Waals surface area contributed by atoms with Gasteiger partial charge in [-0.05, 0) is 48.9 Å². The molecule has 0 atom stereocenters. The van der Waals surface area contributed by atoms with E-state index < -0.39 is 10.0 Å². The van der Waals surface area contributed by atoms with E-state index in [0.717, 1.165) is 22.6 Å². The Labute approximate surface area is 162 Å². The number of furan rings is 1. The summed E-state index contributed by atoms with van der Waals surface area (Å²) in [7, 11) is -3.37. The standard InChI is InChI=1S/C21H18N2O4S/c1-13-11-14(7-10-18(13)23-28(2,25)26)21(24)22-15-8-9-17-16-5-3-4-6-19(16)27-20(17)12-15/h3-12,23H,1-2H3,(H,22,24). The number of aryl methyl sites for hydroxylation is 1. The fourth-order valence-electron chi connectivity index (χ4n) is 3.13. The summed E-state index contributed by atoms with van der Waals surface area (Å²) >= 11 is 0. The average Bonchev–Trinajstić information content (AvgIpc) is 3.00. The summed E-state index contributed by atoms with van der Waals surface area (Å²) < 4.78 is 31.0. The van der Waals surface area contributed by atoms with E-state index in [9.17, 15) is 13.2 Å². The van der Waals surface area contributed by atoms with Crippen LogP contribution in [-0.4, -0.2) is 20.6 Å². The molecule has 7 heteroatoms. The van der Waals surface area contributed by atoms with Crippen LogP contribution in [0, 0.1) is 6.92 Å². The summed E-state index contributed by atoms with van der Waals surface area (Å²) in [6, 6.07) is 18.1. The summed E-state index contributed by atoms with van der Waals surface area (Å²) in [5.74, 6) is -0.288. The molecule has 0 spiro atoms. The maximum atomic E-state index is 12.6. The number of rotatable bonds is 4. The van der Waals surface area contributed by atoms with Gasteiger partial charge in [0, 0.05) is 28.1 Å². The Balaban J connectivity index is 1.59. The number of benzene rings is 3. The van der Waals surface area contributed by atoms with Crippen molar-refractivity contribution in [3.63, 3.8) is 0 Å². The van der Waals surface area contributed by atoms with Gasteiger partial charge in [-0.25, -0.2) is 8.42 Å². The molecule has 0 unspecified atom stereocenters. The van der Waals surface area contributed by atoms with Crippen molar-refractivity contribution in [3.8, 4) is 0 Å². The molecule has 1 aromatic heterocycles. The van der Waals surface area contributed by atoms with E-state index in [1.165, 1.54) is 0 Å². The minimum atomic E-state index is -3.37. The second-order valence-electron chi connectivity index (χ2n) is 6.67. The zero-order valence-electron chi connectivity index (χ0n) is 15.3. The van der Waals surface area contributed by atoms with E-state index in [-0.39, 0.29) is 5.91 Å². The van der Waals surface area contributed by atoms with Crippen molar-refractivity contribution in [2.24, 2.45) is 0 Å². The molecular formula is C21H18N2O4S. The van der Waals surface area contributed by atoms with Crippen LogP contribution in [0.4, 0.5) is 11.4 Å². The molecule has 0 saturated heterocycles. The summed E-state index contributed by atoms with van der Waals surface area (Å²) in [6.45, 7) is 1.74. The van der Waals surface area contributed by atoms with Crippen LogP contribution in [0.2, 0.25) is 0 Å². The van der Waals surface area contributed by atoms with Gasteiger partial charge in [0.15, 0.2) is 0 Å². The van der Waals surface area contributed by atoms with E-state index in [1.807, 2.05) is 36.4 Å². The first kappa shape index (κ1) is 18.1. The van der Waals surface area contributed by atoms with Gasteiger partial charge < -0.3 is 9.73 Å². The second kappa shape index (κ2) is 6.69. The minimum Gasteiger partial charge on any atom is -0.456 e. The van der Waals surface area contributed by atoms with Gasteiger partial charge in [0.2, 0.25) is 10.0 Å². The Morgan fingerprint density at radius 2 is 1.68 bits per heavy atom. The molecule has 0 saturated carbocycles. The zero-order valence-corrected chi connectivity index (χ0v) is 16.1. The molecule has 6 nitrogen and oxygen atoms in total. The number of carbonyl (C=O) groups is 1. The quantitative estimate of drug-likeness (QED) is 0.533. The number of anilines is 2. The average molecular weight is 394 g/mol. The van der Waals surface area contributed by atoms with E-state index in [4.69, 9.17) is 4.42 Å². The van der Waals surface area contributed by atoms with Crippen LogP contribution in [0.3, 0.4) is 0 Å². The molecule has 142 valence electrons. The predicted molar refractivity (Wildman–Crippen MR) is 111 cm³/mol. The Morgan fingerprint density at radius 3 is 2.43 bits per heavy atom. The first-order chi connectivity index (χ1) is 13.3. The van der Waals surface area contributed by atoms with Gasteiger partial charge in [0.05, 0.1) is 11.9 Å². The highest BCUT2D eigenvalue weighted by molar-refractivity contribution is 7.92. The molecule has 1 amide bonds. The van der Waals surface area contributed by atoms with Crippen LogP contribution in [-0.2, 0) is 10.0 Å². The molecular weight excluding hydrogens is 376 g/mol. The Morgan fingerprint density at radius 1 is 0.929 bits per heavy atom. The Bertz CT molecular complexity index is 1320. The van der Waals surface area contributed by atoms with Crippen molar-refractivity contribution in [3.05, 3.63) is 71.8 Å². The molecule has 3 aromatic carbocycles. The first-order valence-electron chi connectivity index (χ1n) is 8.61. The van der Waals surface area contributed by atoms with E-state index in [0.29, 0.717) is 28.1 Å². The number of fused-ring (bicyclic) bond motifs is 3. The first-order valence-corrected chi connectivity index (χ1v) is 10.5. The highest BCUT2D eigenvalue weighted by Crippen LogP contribution is 2.30. The lowest BCUT2D eigenvalue weighted by Crippen LogP contribution is -2.14. The zero-order chi connectivity index (χ0) is 19.9. The summed E-state index contributed by atoms with van der Waals surface area (Å²) in [5.41, 5.74) is 3.65. The van der Waals surface area contributed by atoms with Crippen LogP contribution in [0.15, 0.2) is 65.1 Å². The van der Waals surface area contributed by atoms with Crippen LogP contribution in [0.1, 0.15) is 15.9 Å². The summed E-state index contributed by atoms with van der Waals surface area (Å²) in [5, 5.41) is 4.87. The molecule has 0 bridgehead atoms. The molecule has 28 heavy (non-hydrogen) atoms. The highest BCUT2D eigenvalue weighted by Gasteiger charge is 2.12. The third-order valence-electron chi connectivity index (χ3n) is 4.42. The summed E-state index contributed by atoms with van der Waals surface area (Å²) in [6.07, 6.45) is 1.08. The predicted octanol–water partition coefficient (Wildman–Crippen LogP) is 4.52. The van der Waals surface area contributed by atoms with Crippen LogP contribution >= 0.6 is 0 Å². The molecule has 0 aliphatic heterocycles. The minimum absolute atomic E-state index is 0.288. The number of hydrogen-bond donors (Lipinski definition) is 2. The summed E-state index contributed by atoms with van der Waals surface area (Å²) in [4.78, 5) is 12.6. The normalized spacial score (nSPS) is 11.6. The lowest BCUT2D eigenvalue weighted by Gasteiger charge is -2.10. The Hall–Kier alpha value is -3.32. The SMILES string of the molecule is Cc1cc(C(=O)Nc2ccc3c(c2)oc2ccccc23)ccc1NS(C)(=O)=O. The third kappa shape index (κ3) is 3.57. The maximum Gasteiger partial charge on any atom is 0.255 e. The third-order valence-corrected chi connectivity index (χ3v) is 5.01. The molecule has 4 rings (SSSR count). The molecule has 0 radical (unpaired) electrons. The van der Waals surface area contributed by atoms with Crippen molar-refractivity contribution in [1.29, 1.82) is 0 Å². The monoisotopic (exact) mass is 394 g/mol. The van der Waals surface area contributed by atoms with Crippen molar-refractivity contribution in [1.82, 2.24) is 0 Å². The van der Waals surface area contributed by atoms with Gasteiger partial charge in [0.25, 0.3) is 5.91 Å². The molecule has 0 fully saturated rings. The van der Waals surface area contributed by atoms with Crippen molar-refractivity contribution < 1.29 is 17.6 Å². The fraction of sp³-hybridized carbons (Fsp3) is 0.0952. The van der Waals surface area contributed by atoms with Crippen molar-refractivity contribution in [2.45, 2.75) is 6.92 Å². The maximum absolute atomic E-state index is 12.6.